The van der Waals surface area contributed by atoms with Gasteiger partial charge in [-0.15, -0.1) is 11.3 Å². The van der Waals surface area contributed by atoms with Crippen LogP contribution in [0.1, 0.15) is 11.3 Å². The number of likely N-dealkylation sites (N-methyl/N-ethyl adjacent to an activating group) is 1. The van der Waals surface area contributed by atoms with Gasteiger partial charge in [-0.3, -0.25) is 4.98 Å². The quantitative estimate of drug-likeness (QED) is 0.903. The Morgan fingerprint density at radius 3 is 2.68 bits per heavy atom. The monoisotopic (exact) mass is 327 g/mol. The van der Waals surface area contributed by atoms with Crippen LogP contribution in [0.15, 0.2) is 35.9 Å². The van der Waals surface area contributed by atoms with Crippen molar-refractivity contribution >= 4 is 17.0 Å². The van der Waals surface area contributed by atoms with Gasteiger partial charge in [0.15, 0.2) is 0 Å². The molecule has 0 aliphatic carbocycles. The van der Waals surface area contributed by atoms with Gasteiger partial charge in [0.25, 0.3) is 0 Å². The minimum absolute atomic E-state index is 0.00673. The van der Waals surface area contributed by atoms with Gasteiger partial charge in [-0.1, -0.05) is 0 Å². The number of aromatic nitrogens is 1. The molecule has 1 unspecified atom stereocenters. The molecule has 0 saturated carbocycles. The van der Waals surface area contributed by atoms with Crippen LogP contribution in [-0.2, 0) is 0 Å². The zero-order valence-corrected chi connectivity index (χ0v) is 12.9. The van der Waals surface area contributed by atoms with Gasteiger partial charge in [0, 0.05) is 11.1 Å². The fourth-order valence-electron chi connectivity index (χ4n) is 2.00. The molecule has 118 valence electrons. The molecule has 0 aliphatic rings. The van der Waals surface area contributed by atoms with Crippen LogP contribution in [0.2, 0.25) is 0 Å². The largest absolute Gasteiger partial charge is 0.407 e. The van der Waals surface area contributed by atoms with Crippen LogP contribution < -0.4 is 11.1 Å². The third-order valence-corrected chi connectivity index (χ3v) is 4.26. The highest BCUT2D eigenvalue weighted by atomic mass is 32.1. The molecule has 0 aliphatic heterocycles. The summed E-state index contributed by atoms with van der Waals surface area (Å²) in [4.78, 5) is 5.12. The van der Waals surface area contributed by atoms with E-state index in [0.717, 1.165) is 22.1 Å². The van der Waals surface area contributed by atoms with Gasteiger partial charge >= 0.3 is 6.18 Å². The summed E-state index contributed by atoms with van der Waals surface area (Å²) in [6.45, 7) is 1.98. The van der Waals surface area contributed by atoms with Crippen molar-refractivity contribution in [2.75, 3.05) is 7.05 Å². The van der Waals surface area contributed by atoms with Gasteiger partial charge in [-0.25, -0.2) is 0 Å². The Hall–Kier alpha value is -1.86. The molecule has 2 heterocycles. The van der Waals surface area contributed by atoms with Crippen LogP contribution in [0.5, 0.6) is 0 Å². The van der Waals surface area contributed by atoms with E-state index in [1.165, 1.54) is 7.05 Å². The van der Waals surface area contributed by atoms with Crippen LogP contribution >= 0.6 is 11.3 Å². The third-order valence-electron chi connectivity index (χ3n) is 3.19. The van der Waals surface area contributed by atoms with Gasteiger partial charge in [0.05, 0.1) is 11.4 Å². The lowest BCUT2D eigenvalue weighted by Crippen LogP contribution is -2.38. The SMILES string of the molecule is CNC(/C=C(\N)c1cc(-c2sccc2C)ccn1)C(F)(F)F. The predicted octanol–water partition coefficient (Wildman–Crippen LogP) is 3.57. The second kappa shape index (κ2) is 6.50. The maximum Gasteiger partial charge on any atom is 0.407 e. The Morgan fingerprint density at radius 2 is 2.14 bits per heavy atom. The van der Waals surface area contributed by atoms with Gasteiger partial charge in [-0.2, -0.15) is 13.2 Å². The maximum atomic E-state index is 12.8. The van der Waals surface area contributed by atoms with E-state index in [9.17, 15) is 13.2 Å². The Morgan fingerprint density at radius 1 is 1.41 bits per heavy atom. The van der Waals surface area contributed by atoms with Gasteiger partial charge < -0.3 is 11.1 Å². The number of hydrogen-bond acceptors (Lipinski definition) is 4. The molecule has 0 spiro atoms. The number of nitrogens with zero attached hydrogens (tertiary/aromatic N) is 1. The maximum absolute atomic E-state index is 12.8. The number of hydrogen-bond donors (Lipinski definition) is 2. The van der Waals surface area contributed by atoms with Gasteiger partial charge in [0.1, 0.15) is 6.04 Å². The summed E-state index contributed by atoms with van der Waals surface area (Å²) >= 11 is 1.57. The molecule has 2 aromatic heterocycles. The summed E-state index contributed by atoms with van der Waals surface area (Å²) in [5.74, 6) is 0. The third kappa shape index (κ3) is 3.66. The summed E-state index contributed by atoms with van der Waals surface area (Å²) in [5, 5.41) is 4.15. The van der Waals surface area contributed by atoms with E-state index in [0.29, 0.717) is 5.69 Å². The van der Waals surface area contributed by atoms with Crippen molar-refractivity contribution in [3.63, 3.8) is 0 Å². The number of aryl methyl sites for hydroxylation is 1. The molecule has 1 atom stereocenters. The van der Waals surface area contributed by atoms with Crippen molar-refractivity contribution in [2.24, 2.45) is 5.73 Å². The van der Waals surface area contributed by atoms with E-state index >= 15 is 0 Å². The Kier molecular flexibility index (Phi) is 4.87. The first kappa shape index (κ1) is 16.5. The minimum Gasteiger partial charge on any atom is -0.397 e. The lowest BCUT2D eigenvalue weighted by Gasteiger charge is -2.16. The summed E-state index contributed by atoms with van der Waals surface area (Å²) in [6, 6.07) is 3.70. The molecule has 2 rings (SSSR count). The molecular weight excluding hydrogens is 311 g/mol. The first-order chi connectivity index (χ1) is 10.3. The standard InChI is InChI=1S/C15H16F3N3S/c1-9-4-6-22-14(9)10-3-5-21-12(7-10)11(19)8-13(20-2)15(16,17)18/h3-8,13,20H,19H2,1-2H3/b11-8-. The molecule has 2 aromatic rings. The molecule has 22 heavy (non-hydrogen) atoms. The van der Waals surface area contributed by atoms with Gasteiger partial charge in [-0.05, 0) is 54.8 Å². The molecule has 3 N–H and O–H groups in total. The highest BCUT2D eigenvalue weighted by Crippen LogP contribution is 2.30. The summed E-state index contributed by atoms with van der Waals surface area (Å²) in [6.07, 6.45) is -1.92. The molecule has 0 saturated heterocycles. The van der Waals surface area contributed by atoms with Crippen molar-refractivity contribution in [3.8, 4) is 10.4 Å². The highest BCUT2D eigenvalue weighted by molar-refractivity contribution is 7.13. The van der Waals surface area contributed by atoms with E-state index < -0.39 is 12.2 Å². The van der Waals surface area contributed by atoms with Crippen molar-refractivity contribution in [1.82, 2.24) is 10.3 Å². The predicted molar refractivity (Wildman–Crippen MR) is 83.4 cm³/mol. The molecule has 0 fully saturated rings. The van der Waals surface area contributed by atoms with Crippen LogP contribution in [0.4, 0.5) is 13.2 Å². The number of nitrogens with one attached hydrogen (secondary N) is 1. The van der Waals surface area contributed by atoms with Crippen molar-refractivity contribution in [3.05, 3.63) is 47.1 Å². The van der Waals surface area contributed by atoms with E-state index in [4.69, 9.17) is 5.73 Å². The summed E-state index contributed by atoms with van der Waals surface area (Å²) < 4.78 is 38.3. The summed E-state index contributed by atoms with van der Waals surface area (Å²) in [5.41, 5.74) is 8.11. The fraction of sp³-hybridized carbons (Fsp3) is 0.267. The number of nitrogens with two attached hydrogens (primary N) is 1. The van der Waals surface area contributed by atoms with Crippen LogP contribution in [0, 0.1) is 6.92 Å². The lowest BCUT2D eigenvalue weighted by molar-refractivity contribution is -0.143. The topological polar surface area (TPSA) is 50.9 Å². The second-order valence-corrected chi connectivity index (χ2v) is 5.71. The Bertz CT molecular complexity index is 677. The number of rotatable bonds is 4. The summed E-state index contributed by atoms with van der Waals surface area (Å²) in [7, 11) is 1.24. The molecule has 0 aromatic carbocycles. The van der Waals surface area contributed by atoms with E-state index in [1.807, 2.05) is 24.4 Å². The number of halogens is 3. The molecule has 0 amide bonds. The smallest absolute Gasteiger partial charge is 0.397 e. The minimum atomic E-state index is -4.40. The van der Waals surface area contributed by atoms with E-state index in [-0.39, 0.29) is 5.70 Å². The Balaban J connectivity index is 2.35. The fourth-order valence-corrected chi connectivity index (χ4v) is 2.93. The molecule has 0 bridgehead atoms. The molecular formula is C15H16F3N3S. The number of pyridine rings is 1. The normalized spacial score (nSPS) is 14.1. The number of thiophene rings is 1. The van der Waals surface area contributed by atoms with Crippen molar-refractivity contribution in [1.29, 1.82) is 0 Å². The second-order valence-electron chi connectivity index (χ2n) is 4.79. The van der Waals surface area contributed by atoms with Crippen LogP contribution in [-0.4, -0.2) is 24.2 Å². The van der Waals surface area contributed by atoms with Crippen LogP contribution in [0.3, 0.4) is 0 Å². The van der Waals surface area contributed by atoms with Crippen molar-refractivity contribution < 1.29 is 13.2 Å². The first-order valence-corrected chi connectivity index (χ1v) is 7.43. The van der Waals surface area contributed by atoms with Gasteiger partial charge in [0.2, 0.25) is 0 Å². The zero-order valence-electron chi connectivity index (χ0n) is 12.1. The first-order valence-electron chi connectivity index (χ1n) is 6.55. The van der Waals surface area contributed by atoms with E-state index in [1.54, 1.807) is 23.6 Å². The van der Waals surface area contributed by atoms with Crippen molar-refractivity contribution in [2.45, 2.75) is 19.1 Å². The molecule has 0 radical (unpaired) electrons. The average molecular weight is 327 g/mol. The number of alkyl halides is 3. The van der Waals surface area contributed by atoms with Crippen LogP contribution in [0.25, 0.3) is 16.1 Å². The molecule has 3 nitrogen and oxygen atoms in total. The van der Waals surface area contributed by atoms with E-state index in [2.05, 4.69) is 10.3 Å². The Labute approximate surface area is 130 Å². The molecule has 7 heteroatoms. The lowest BCUT2D eigenvalue weighted by atomic mass is 10.1. The average Bonchev–Trinajstić information content (AvgIpc) is 2.89. The zero-order chi connectivity index (χ0) is 16.3. The highest BCUT2D eigenvalue weighted by Gasteiger charge is 2.37.